The molecule has 22 heavy (non-hydrogen) atoms. The van der Waals surface area contributed by atoms with Gasteiger partial charge >= 0.3 is 0 Å². The van der Waals surface area contributed by atoms with Gasteiger partial charge in [-0.15, -0.1) is 0 Å². The molecule has 0 radical (unpaired) electrons. The third-order valence-corrected chi connectivity index (χ3v) is 4.10. The average Bonchev–Trinajstić information content (AvgIpc) is 2.84. The van der Waals surface area contributed by atoms with Crippen LogP contribution in [0.2, 0.25) is 0 Å². The van der Waals surface area contributed by atoms with E-state index in [-0.39, 0.29) is 5.41 Å². The lowest BCUT2D eigenvalue weighted by Gasteiger charge is -2.12. The maximum Gasteiger partial charge on any atom is 0.232 e. The van der Waals surface area contributed by atoms with E-state index in [1.807, 2.05) is 7.05 Å². The molecule has 120 valence electrons. The monoisotopic (exact) mass is 303 g/mol. The predicted molar refractivity (Wildman–Crippen MR) is 83.4 cm³/mol. The summed E-state index contributed by atoms with van der Waals surface area (Å²) >= 11 is 0. The molecule has 0 spiro atoms. The quantitative estimate of drug-likeness (QED) is 0.842. The first kappa shape index (κ1) is 15.3. The summed E-state index contributed by atoms with van der Waals surface area (Å²) in [4.78, 5) is 6.60. The lowest BCUT2D eigenvalue weighted by atomic mass is 9.97. The van der Waals surface area contributed by atoms with Crippen LogP contribution in [-0.2, 0) is 18.5 Å². The van der Waals surface area contributed by atoms with Gasteiger partial charge in [0.05, 0.1) is 13.1 Å². The lowest BCUT2D eigenvalue weighted by Crippen LogP contribution is -2.18. The summed E-state index contributed by atoms with van der Waals surface area (Å²) in [6.07, 6.45) is 1.25. The van der Waals surface area contributed by atoms with Gasteiger partial charge in [-0.1, -0.05) is 32.9 Å². The van der Waals surface area contributed by atoms with Gasteiger partial charge in [0, 0.05) is 11.3 Å². The van der Waals surface area contributed by atoms with E-state index in [2.05, 4.69) is 54.9 Å². The molecule has 2 heterocycles. The molecule has 0 unspecified atom stereocenters. The van der Waals surface area contributed by atoms with E-state index in [1.165, 1.54) is 6.42 Å². The Hall–Kier alpha value is -1.62. The Morgan fingerprint density at radius 1 is 1.27 bits per heavy atom. The molecule has 3 rings (SSSR count). The SMILES string of the molecule is C[C@@H]1C[C@@H]1c1ccc(CN(C)Cc2noc(C(C)(C)C)n2)o1. The summed E-state index contributed by atoms with van der Waals surface area (Å²) in [5, 5.41) is 4.06. The number of furan rings is 1. The van der Waals surface area contributed by atoms with Gasteiger partial charge in [-0.25, -0.2) is 0 Å². The van der Waals surface area contributed by atoms with Gasteiger partial charge in [0.2, 0.25) is 5.89 Å². The zero-order chi connectivity index (χ0) is 15.9. The Bertz CT molecular complexity index is 638. The Labute approximate surface area is 131 Å². The van der Waals surface area contributed by atoms with Gasteiger partial charge in [-0.3, -0.25) is 4.90 Å². The molecule has 5 nitrogen and oxygen atoms in total. The minimum absolute atomic E-state index is 0.110. The number of hydrogen-bond donors (Lipinski definition) is 0. The molecule has 0 bridgehead atoms. The Morgan fingerprint density at radius 2 is 2.00 bits per heavy atom. The van der Waals surface area contributed by atoms with Gasteiger partial charge in [-0.2, -0.15) is 4.98 Å². The van der Waals surface area contributed by atoms with Crippen LogP contribution in [0, 0.1) is 5.92 Å². The second-order valence-electron chi connectivity index (χ2n) is 7.56. The number of rotatable bonds is 5. The van der Waals surface area contributed by atoms with Crippen LogP contribution in [-0.4, -0.2) is 22.1 Å². The second-order valence-corrected chi connectivity index (χ2v) is 7.56. The van der Waals surface area contributed by atoms with E-state index < -0.39 is 0 Å². The Kier molecular flexibility index (Phi) is 3.85. The number of nitrogens with zero attached hydrogens (tertiary/aromatic N) is 3. The molecule has 0 aromatic carbocycles. The zero-order valence-electron chi connectivity index (χ0n) is 14.1. The molecule has 2 atom stereocenters. The standard InChI is InChI=1S/C17H25N3O2/c1-11-8-13(11)14-7-6-12(21-14)9-20(5)10-15-18-16(22-19-15)17(2,3)4/h6-7,11,13H,8-10H2,1-5H3/t11-,13+/m1/s1. The number of aromatic nitrogens is 2. The second kappa shape index (κ2) is 5.54. The highest BCUT2D eigenvalue weighted by Crippen LogP contribution is 2.47. The van der Waals surface area contributed by atoms with E-state index in [4.69, 9.17) is 8.94 Å². The topological polar surface area (TPSA) is 55.3 Å². The van der Waals surface area contributed by atoms with Crippen LogP contribution in [0.3, 0.4) is 0 Å². The van der Waals surface area contributed by atoms with Crippen LogP contribution in [0.5, 0.6) is 0 Å². The first-order chi connectivity index (χ1) is 10.3. The molecule has 0 amide bonds. The van der Waals surface area contributed by atoms with Crippen molar-refractivity contribution in [2.24, 2.45) is 5.92 Å². The summed E-state index contributed by atoms with van der Waals surface area (Å²) in [5.74, 6) is 4.92. The van der Waals surface area contributed by atoms with Crippen LogP contribution in [0.25, 0.3) is 0 Å². The van der Waals surface area contributed by atoms with Crippen LogP contribution >= 0.6 is 0 Å². The highest BCUT2D eigenvalue weighted by Gasteiger charge is 2.36. The molecular formula is C17H25N3O2. The normalized spacial score (nSPS) is 21.5. The molecule has 1 aliphatic carbocycles. The van der Waals surface area contributed by atoms with Gasteiger partial charge < -0.3 is 8.94 Å². The molecule has 2 aromatic rings. The largest absolute Gasteiger partial charge is 0.464 e. The van der Waals surface area contributed by atoms with Crippen molar-refractivity contribution in [1.82, 2.24) is 15.0 Å². The predicted octanol–water partition coefficient (Wildman–Crippen LogP) is 3.72. The minimum Gasteiger partial charge on any atom is -0.464 e. The molecule has 1 aliphatic rings. The van der Waals surface area contributed by atoms with Gasteiger partial charge in [0.1, 0.15) is 11.5 Å². The van der Waals surface area contributed by atoms with E-state index in [0.717, 1.165) is 29.8 Å². The zero-order valence-corrected chi connectivity index (χ0v) is 14.1. The van der Waals surface area contributed by atoms with Gasteiger partial charge in [0.15, 0.2) is 5.82 Å². The van der Waals surface area contributed by atoms with E-state index in [9.17, 15) is 0 Å². The summed E-state index contributed by atoms with van der Waals surface area (Å²) in [5.41, 5.74) is -0.110. The fourth-order valence-corrected chi connectivity index (χ4v) is 2.58. The maximum absolute atomic E-state index is 5.94. The Morgan fingerprint density at radius 3 is 2.59 bits per heavy atom. The van der Waals surface area contributed by atoms with Crippen molar-refractivity contribution in [3.05, 3.63) is 35.4 Å². The summed E-state index contributed by atoms with van der Waals surface area (Å²) in [6.45, 7) is 9.86. The van der Waals surface area contributed by atoms with Crippen LogP contribution in [0.1, 0.15) is 63.3 Å². The van der Waals surface area contributed by atoms with Crippen molar-refractivity contribution < 1.29 is 8.94 Å². The Balaban J connectivity index is 1.57. The molecule has 1 fully saturated rings. The lowest BCUT2D eigenvalue weighted by molar-refractivity contribution is 0.269. The molecule has 2 aromatic heterocycles. The molecule has 1 saturated carbocycles. The molecular weight excluding hydrogens is 278 g/mol. The van der Waals surface area contributed by atoms with Crippen molar-refractivity contribution in [1.29, 1.82) is 0 Å². The van der Waals surface area contributed by atoms with Crippen molar-refractivity contribution in [3.8, 4) is 0 Å². The van der Waals surface area contributed by atoms with Crippen molar-refractivity contribution >= 4 is 0 Å². The molecule has 0 aliphatic heterocycles. The van der Waals surface area contributed by atoms with Crippen LogP contribution < -0.4 is 0 Å². The minimum atomic E-state index is -0.110. The maximum atomic E-state index is 5.94. The number of hydrogen-bond acceptors (Lipinski definition) is 5. The van der Waals surface area contributed by atoms with Crippen LogP contribution in [0.4, 0.5) is 0 Å². The molecule has 0 saturated heterocycles. The first-order valence-electron chi connectivity index (χ1n) is 7.93. The smallest absolute Gasteiger partial charge is 0.232 e. The third-order valence-electron chi connectivity index (χ3n) is 4.10. The first-order valence-corrected chi connectivity index (χ1v) is 7.93. The highest BCUT2D eigenvalue weighted by atomic mass is 16.5. The van der Waals surface area contributed by atoms with E-state index >= 15 is 0 Å². The third kappa shape index (κ3) is 3.40. The fourth-order valence-electron chi connectivity index (χ4n) is 2.58. The van der Waals surface area contributed by atoms with Crippen molar-refractivity contribution in [2.45, 2.75) is 58.5 Å². The van der Waals surface area contributed by atoms with Gasteiger partial charge in [0.25, 0.3) is 0 Å². The fraction of sp³-hybridized carbons (Fsp3) is 0.647. The average molecular weight is 303 g/mol. The summed E-state index contributed by atoms with van der Waals surface area (Å²) in [6, 6.07) is 4.19. The van der Waals surface area contributed by atoms with E-state index in [1.54, 1.807) is 0 Å². The van der Waals surface area contributed by atoms with Crippen molar-refractivity contribution in [2.75, 3.05) is 7.05 Å². The van der Waals surface area contributed by atoms with Crippen LogP contribution in [0.15, 0.2) is 21.1 Å². The molecule has 5 heteroatoms. The molecule has 0 N–H and O–H groups in total. The summed E-state index contributed by atoms with van der Waals surface area (Å²) < 4.78 is 11.3. The van der Waals surface area contributed by atoms with E-state index in [0.29, 0.717) is 18.4 Å². The van der Waals surface area contributed by atoms with Gasteiger partial charge in [-0.05, 0) is 31.5 Å². The van der Waals surface area contributed by atoms with Crippen molar-refractivity contribution in [3.63, 3.8) is 0 Å². The summed E-state index contributed by atoms with van der Waals surface area (Å²) in [7, 11) is 2.04. The highest BCUT2D eigenvalue weighted by molar-refractivity contribution is 5.17.